The molecular formula is C11H8Cl3N3O2S. The summed E-state index contributed by atoms with van der Waals surface area (Å²) in [5.41, 5.74) is 5.59. The van der Waals surface area contributed by atoms with Gasteiger partial charge in [-0.2, -0.15) is 0 Å². The molecule has 1 aromatic heterocycles. The number of anilines is 2. The molecule has 2 aromatic rings. The summed E-state index contributed by atoms with van der Waals surface area (Å²) in [6.07, 6.45) is 1.40. The lowest BCUT2D eigenvalue weighted by molar-refractivity contribution is 0.601. The predicted molar refractivity (Wildman–Crippen MR) is 80.9 cm³/mol. The van der Waals surface area contributed by atoms with Crippen molar-refractivity contribution in [3.63, 3.8) is 0 Å². The van der Waals surface area contributed by atoms with Gasteiger partial charge in [0.05, 0.1) is 20.8 Å². The molecule has 0 amide bonds. The molecule has 0 aliphatic carbocycles. The highest BCUT2D eigenvalue weighted by molar-refractivity contribution is 7.92. The number of hydrogen-bond acceptors (Lipinski definition) is 4. The summed E-state index contributed by atoms with van der Waals surface area (Å²) >= 11 is 17.5. The third-order valence-electron chi connectivity index (χ3n) is 2.37. The van der Waals surface area contributed by atoms with Gasteiger partial charge in [-0.15, -0.1) is 0 Å². The first-order chi connectivity index (χ1) is 9.33. The number of benzene rings is 1. The molecule has 106 valence electrons. The summed E-state index contributed by atoms with van der Waals surface area (Å²) in [5, 5.41) is 0.177. The van der Waals surface area contributed by atoms with Gasteiger partial charge in [-0.05, 0) is 24.3 Å². The van der Waals surface area contributed by atoms with Crippen LogP contribution in [0.25, 0.3) is 0 Å². The maximum atomic E-state index is 12.2. The first-order valence-corrected chi connectivity index (χ1v) is 7.81. The number of rotatable bonds is 3. The number of aromatic nitrogens is 1. The molecule has 0 spiro atoms. The van der Waals surface area contributed by atoms with Crippen molar-refractivity contribution in [2.75, 3.05) is 10.5 Å². The number of nitrogens with one attached hydrogen (secondary N) is 1. The summed E-state index contributed by atoms with van der Waals surface area (Å²) < 4.78 is 26.7. The minimum Gasteiger partial charge on any atom is -0.396 e. The van der Waals surface area contributed by atoms with Gasteiger partial charge in [-0.3, -0.25) is 4.72 Å². The van der Waals surface area contributed by atoms with E-state index in [2.05, 4.69) is 9.71 Å². The molecule has 1 aromatic carbocycles. The molecule has 0 bridgehead atoms. The Morgan fingerprint density at radius 1 is 1.10 bits per heavy atom. The molecule has 0 radical (unpaired) electrons. The van der Waals surface area contributed by atoms with Gasteiger partial charge in [0.1, 0.15) is 4.90 Å². The summed E-state index contributed by atoms with van der Waals surface area (Å²) in [6.45, 7) is 0. The summed E-state index contributed by atoms with van der Waals surface area (Å²) in [5.74, 6) is -0.00115. The number of pyridine rings is 1. The Morgan fingerprint density at radius 2 is 1.80 bits per heavy atom. The van der Waals surface area contributed by atoms with Crippen molar-refractivity contribution >= 4 is 56.3 Å². The van der Waals surface area contributed by atoms with Crippen molar-refractivity contribution in [1.29, 1.82) is 0 Å². The predicted octanol–water partition coefficient (Wildman–Crippen LogP) is 3.42. The van der Waals surface area contributed by atoms with E-state index in [1.807, 2.05) is 0 Å². The van der Waals surface area contributed by atoms with Gasteiger partial charge in [0.25, 0.3) is 10.0 Å². The third-order valence-corrected chi connectivity index (χ3v) is 4.91. The van der Waals surface area contributed by atoms with E-state index >= 15 is 0 Å². The standard InChI is InChI=1S/C11H8Cl3N3O2S/c12-6-3-4-8(9(14)10(6)15)20(18,19)17-11-7(13)2-1-5-16-11/h1-5H,15H2,(H,16,17). The van der Waals surface area contributed by atoms with E-state index < -0.39 is 10.0 Å². The molecule has 5 nitrogen and oxygen atoms in total. The van der Waals surface area contributed by atoms with E-state index in [1.165, 1.54) is 24.4 Å². The Hall–Kier alpha value is -1.21. The van der Waals surface area contributed by atoms with Crippen molar-refractivity contribution in [1.82, 2.24) is 4.98 Å². The van der Waals surface area contributed by atoms with Gasteiger partial charge in [-0.25, -0.2) is 13.4 Å². The van der Waals surface area contributed by atoms with Crippen LogP contribution >= 0.6 is 34.8 Å². The SMILES string of the molecule is Nc1c(Cl)ccc(S(=O)(=O)Nc2ncccc2Cl)c1Cl. The molecule has 0 saturated heterocycles. The molecule has 9 heteroatoms. The molecule has 3 N–H and O–H groups in total. The zero-order valence-corrected chi connectivity index (χ0v) is 12.9. The summed E-state index contributed by atoms with van der Waals surface area (Å²) in [7, 11) is -3.97. The third kappa shape index (κ3) is 2.93. The van der Waals surface area contributed by atoms with Crippen molar-refractivity contribution in [3.05, 3.63) is 45.5 Å². The van der Waals surface area contributed by atoms with Crippen LogP contribution in [0.3, 0.4) is 0 Å². The van der Waals surface area contributed by atoms with Gasteiger partial charge in [0, 0.05) is 6.20 Å². The second-order valence-corrected chi connectivity index (χ2v) is 6.56. The highest BCUT2D eigenvalue weighted by Gasteiger charge is 2.22. The molecule has 0 fully saturated rings. The lowest BCUT2D eigenvalue weighted by Crippen LogP contribution is -2.15. The molecule has 0 atom stereocenters. The number of hydrogen-bond donors (Lipinski definition) is 2. The van der Waals surface area contributed by atoms with Gasteiger partial charge in [0.2, 0.25) is 0 Å². The van der Waals surface area contributed by atoms with Crippen LogP contribution in [0.5, 0.6) is 0 Å². The van der Waals surface area contributed by atoms with E-state index in [1.54, 1.807) is 6.07 Å². The minimum atomic E-state index is -3.97. The fraction of sp³-hybridized carbons (Fsp3) is 0. The Bertz CT molecular complexity index is 766. The molecule has 0 saturated carbocycles. The lowest BCUT2D eigenvalue weighted by Gasteiger charge is -2.11. The van der Waals surface area contributed by atoms with Crippen LogP contribution in [0.15, 0.2) is 35.4 Å². The Morgan fingerprint density at radius 3 is 2.45 bits per heavy atom. The molecule has 20 heavy (non-hydrogen) atoms. The summed E-state index contributed by atoms with van der Waals surface area (Å²) in [6, 6.07) is 5.68. The topological polar surface area (TPSA) is 85.1 Å². The Kier molecular flexibility index (Phi) is 4.29. The number of sulfonamides is 1. The zero-order chi connectivity index (χ0) is 14.9. The van der Waals surface area contributed by atoms with Crippen molar-refractivity contribution in [3.8, 4) is 0 Å². The van der Waals surface area contributed by atoms with Crippen molar-refractivity contribution in [2.24, 2.45) is 0 Å². The monoisotopic (exact) mass is 351 g/mol. The second kappa shape index (κ2) is 5.65. The lowest BCUT2D eigenvalue weighted by atomic mass is 10.3. The highest BCUT2D eigenvalue weighted by Crippen LogP contribution is 2.34. The van der Waals surface area contributed by atoms with Gasteiger partial charge in [0.15, 0.2) is 5.82 Å². The van der Waals surface area contributed by atoms with Gasteiger partial charge >= 0.3 is 0 Å². The number of nitrogens with two attached hydrogens (primary N) is 1. The van der Waals surface area contributed by atoms with Crippen LogP contribution in [0.2, 0.25) is 15.1 Å². The average molecular weight is 353 g/mol. The largest absolute Gasteiger partial charge is 0.396 e. The summed E-state index contributed by atoms with van der Waals surface area (Å²) in [4.78, 5) is 3.63. The van der Waals surface area contributed by atoms with Crippen LogP contribution in [-0.4, -0.2) is 13.4 Å². The number of halogens is 3. The van der Waals surface area contributed by atoms with Crippen LogP contribution < -0.4 is 10.5 Å². The molecule has 0 aliphatic heterocycles. The zero-order valence-electron chi connectivity index (χ0n) is 9.77. The maximum Gasteiger partial charge on any atom is 0.264 e. The molecule has 0 unspecified atom stereocenters. The fourth-order valence-corrected chi connectivity index (χ4v) is 3.42. The Balaban J connectivity index is 2.47. The second-order valence-electron chi connectivity index (χ2n) is 3.71. The molecule has 2 rings (SSSR count). The van der Waals surface area contributed by atoms with E-state index in [-0.39, 0.29) is 31.5 Å². The number of nitrogen functional groups attached to an aromatic ring is 1. The molecule has 1 heterocycles. The fourth-order valence-electron chi connectivity index (χ4n) is 1.40. The first-order valence-electron chi connectivity index (χ1n) is 5.20. The maximum absolute atomic E-state index is 12.2. The normalized spacial score (nSPS) is 11.3. The number of nitrogens with zero attached hydrogens (tertiary/aromatic N) is 1. The molecule has 0 aliphatic rings. The first kappa shape index (κ1) is 15.2. The van der Waals surface area contributed by atoms with E-state index in [4.69, 9.17) is 40.5 Å². The molecular weight excluding hydrogens is 345 g/mol. The quantitative estimate of drug-likeness (QED) is 0.829. The van der Waals surface area contributed by atoms with Crippen LogP contribution in [0.1, 0.15) is 0 Å². The van der Waals surface area contributed by atoms with Crippen molar-refractivity contribution < 1.29 is 8.42 Å². The van der Waals surface area contributed by atoms with Crippen LogP contribution in [0, 0.1) is 0 Å². The Labute approximate surface area is 130 Å². The average Bonchev–Trinajstić information content (AvgIpc) is 2.38. The van der Waals surface area contributed by atoms with E-state index in [9.17, 15) is 8.42 Å². The van der Waals surface area contributed by atoms with Gasteiger partial charge < -0.3 is 5.73 Å². The van der Waals surface area contributed by atoms with Crippen LogP contribution in [0.4, 0.5) is 11.5 Å². The van der Waals surface area contributed by atoms with Crippen LogP contribution in [-0.2, 0) is 10.0 Å². The van der Waals surface area contributed by atoms with E-state index in [0.29, 0.717) is 0 Å². The minimum absolute atomic E-state index is 0.00115. The highest BCUT2D eigenvalue weighted by atomic mass is 35.5. The van der Waals surface area contributed by atoms with Crippen molar-refractivity contribution in [2.45, 2.75) is 4.90 Å². The van der Waals surface area contributed by atoms with E-state index in [0.717, 1.165) is 0 Å². The smallest absolute Gasteiger partial charge is 0.264 e. The van der Waals surface area contributed by atoms with Gasteiger partial charge in [-0.1, -0.05) is 34.8 Å².